The third-order valence-electron chi connectivity index (χ3n) is 6.83. The topological polar surface area (TPSA) is 12.0 Å². The Bertz CT molecular complexity index is 279. The first-order valence-electron chi connectivity index (χ1n) is 9.55. The van der Waals surface area contributed by atoms with E-state index >= 15 is 0 Å². The van der Waals surface area contributed by atoms with E-state index in [2.05, 4.69) is 12.4 Å². The van der Waals surface area contributed by atoms with Crippen LogP contribution in [-0.4, -0.2) is 13.1 Å². The van der Waals surface area contributed by atoms with Crippen LogP contribution >= 0.6 is 0 Å². The van der Waals surface area contributed by atoms with Gasteiger partial charge in [0.05, 0.1) is 0 Å². The molecular weight excluding hydrogens is 242 g/mol. The minimum atomic E-state index is 0.830. The van der Waals surface area contributed by atoms with Crippen molar-refractivity contribution in [2.24, 2.45) is 23.7 Å². The maximum absolute atomic E-state index is 3.76. The summed E-state index contributed by atoms with van der Waals surface area (Å²) < 4.78 is 0. The lowest BCUT2D eigenvalue weighted by Crippen LogP contribution is -2.44. The lowest BCUT2D eigenvalue weighted by molar-refractivity contribution is 0.0922. The second-order valence-corrected chi connectivity index (χ2v) is 7.94. The van der Waals surface area contributed by atoms with E-state index in [1.807, 2.05) is 0 Å². The molecule has 3 aliphatic carbocycles. The fourth-order valence-electron chi connectivity index (χ4n) is 5.76. The number of fused-ring (bicyclic) bond motifs is 1. The predicted octanol–water partition coefficient (Wildman–Crippen LogP) is 5.15. The highest BCUT2D eigenvalue weighted by molar-refractivity contribution is 4.91. The van der Waals surface area contributed by atoms with Crippen molar-refractivity contribution >= 4 is 0 Å². The Morgan fingerprint density at radius 2 is 1.30 bits per heavy atom. The number of nitrogens with one attached hydrogen (secondary N) is 1. The molecule has 3 aliphatic rings. The van der Waals surface area contributed by atoms with Crippen LogP contribution in [0, 0.1) is 23.7 Å². The summed E-state index contributed by atoms with van der Waals surface area (Å²) in [6.07, 6.45) is 19.7. The quantitative estimate of drug-likeness (QED) is 0.703. The molecule has 4 atom stereocenters. The summed E-state index contributed by atoms with van der Waals surface area (Å²) in [5, 5.41) is 3.76. The zero-order valence-corrected chi connectivity index (χ0v) is 13.6. The van der Waals surface area contributed by atoms with E-state index in [0.29, 0.717) is 0 Å². The highest BCUT2D eigenvalue weighted by Gasteiger charge is 2.37. The Morgan fingerprint density at radius 3 is 2.00 bits per heavy atom. The molecule has 0 spiro atoms. The van der Waals surface area contributed by atoms with Crippen molar-refractivity contribution in [2.45, 2.75) is 89.5 Å². The molecule has 0 aromatic rings. The van der Waals surface area contributed by atoms with E-state index in [4.69, 9.17) is 0 Å². The van der Waals surface area contributed by atoms with E-state index < -0.39 is 0 Å². The molecule has 0 amide bonds. The first-order chi connectivity index (χ1) is 9.88. The molecule has 0 aromatic carbocycles. The van der Waals surface area contributed by atoms with E-state index in [0.717, 1.165) is 29.7 Å². The van der Waals surface area contributed by atoms with E-state index in [9.17, 15) is 0 Å². The number of hydrogen-bond donors (Lipinski definition) is 1. The Hall–Kier alpha value is -0.0400. The summed E-state index contributed by atoms with van der Waals surface area (Å²) in [5.41, 5.74) is 0. The first kappa shape index (κ1) is 14.9. The van der Waals surface area contributed by atoms with Gasteiger partial charge in [0.15, 0.2) is 0 Å². The molecule has 4 unspecified atom stereocenters. The summed E-state index contributed by atoms with van der Waals surface area (Å²) in [5.74, 6) is 4.16. The fourth-order valence-corrected chi connectivity index (χ4v) is 5.76. The average molecular weight is 277 g/mol. The van der Waals surface area contributed by atoms with Crippen LogP contribution in [0.4, 0.5) is 0 Å². The van der Waals surface area contributed by atoms with Gasteiger partial charge in [0.25, 0.3) is 0 Å². The summed E-state index contributed by atoms with van der Waals surface area (Å²) in [6, 6.07) is 0.830. The van der Waals surface area contributed by atoms with Crippen molar-refractivity contribution in [1.29, 1.82) is 0 Å². The normalized spacial score (nSPS) is 38.0. The van der Waals surface area contributed by atoms with Crippen LogP contribution in [0.1, 0.15) is 83.5 Å². The van der Waals surface area contributed by atoms with Crippen molar-refractivity contribution in [2.75, 3.05) is 7.05 Å². The van der Waals surface area contributed by atoms with Crippen LogP contribution in [0.25, 0.3) is 0 Å². The fraction of sp³-hybridized carbons (Fsp3) is 1.00. The summed E-state index contributed by atoms with van der Waals surface area (Å²) in [4.78, 5) is 0. The summed E-state index contributed by atoms with van der Waals surface area (Å²) in [7, 11) is 2.24. The van der Waals surface area contributed by atoms with Gasteiger partial charge in [-0.05, 0) is 62.8 Å². The van der Waals surface area contributed by atoms with Crippen LogP contribution in [0.5, 0.6) is 0 Å². The van der Waals surface area contributed by atoms with Gasteiger partial charge in [-0.1, -0.05) is 51.4 Å². The third-order valence-corrected chi connectivity index (χ3v) is 6.83. The van der Waals surface area contributed by atoms with Gasteiger partial charge in [0, 0.05) is 6.04 Å². The maximum Gasteiger partial charge on any atom is 0.0121 e. The Morgan fingerprint density at radius 1 is 0.650 bits per heavy atom. The molecule has 0 radical (unpaired) electrons. The van der Waals surface area contributed by atoms with Crippen LogP contribution < -0.4 is 5.32 Å². The summed E-state index contributed by atoms with van der Waals surface area (Å²) in [6.45, 7) is 0. The van der Waals surface area contributed by atoms with Gasteiger partial charge in [-0.15, -0.1) is 0 Å². The molecule has 0 bridgehead atoms. The molecule has 0 heterocycles. The highest BCUT2D eigenvalue weighted by atomic mass is 14.9. The highest BCUT2D eigenvalue weighted by Crippen LogP contribution is 2.45. The van der Waals surface area contributed by atoms with Crippen molar-refractivity contribution < 1.29 is 0 Å². The molecule has 1 heteroatoms. The van der Waals surface area contributed by atoms with Gasteiger partial charge >= 0.3 is 0 Å². The standard InChI is InChI=1S/C19H35N/c1-20-19(16-9-4-2-3-5-10-16)18-13-12-15-8-6-7-11-17(15)14-18/h15-20H,2-14H2,1H3. The maximum atomic E-state index is 3.76. The SMILES string of the molecule is CNC(C1CCCCCC1)C1CCC2CCCCC2C1. The van der Waals surface area contributed by atoms with Crippen molar-refractivity contribution in [1.82, 2.24) is 5.32 Å². The lowest BCUT2D eigenvalue weighted by atomic mass is 9.64. The second-order valence-electron chi connectivity index (χ2n) is 7.94. The molecule has 0 aromatic heterocycles. The number of hydrogen-bond acceptors (Lipinski definition) is 1. The van der Waals surface area contributed by atoms with Crippen LogP contribution in [-0.2, 0) is 0 Å². The third kappa shape index (κ3) is 3.40. The van der Waals surface area contributed by atoms with Crippen molar-refractivity contribution in [3.63, 3.8) is 0 Å². The van der Waals surface area contributed by atoms with Gasteiger partial charge in [0.1, 0.15) is 0 Å². The molecule has 3 rings (SSSR count). The Labute approximate surface area is 126 Å². The first-order valence-corrected chi connectivity index (χ1v) is 9.55. The van der Waals surface area contributed by atoms with Crippen LogP contribution in [0.3, 0.4) is 0 Å². The van der Waals surface area contributed by atoms with Gasteiger partial charge < -0.3 is 5.32 Å². The Balaban J connectivity index is 1.60. The number of rotatable bonds is 3. The lowest BCUT2D eigenvalue weighted by Gasteiger charge is -2.44. The molecule has 0 aliphatic heterocycles. The predicted molar refractivity (Wildman–Crippen MR) is 86.8 cm³/mol. The average Bonchev–Trinajstić information content (AvgIpc) is 2.77. The minimum Gasteiger partial charge on any atom is -0.316 e. The molecule has 20 heavy (non-hydrogen) atoms. The molecule has 3 fully saturated rings. The largest absolute Gasteiger partial charge is 0.316 e. The molecular formula is C19H35N. The van der Waals surface area contributed by atoms with Gasteiger partial charge in [-0.3, -0.25) is 0 Å². The van der Waals surface area contributed by atoms with E-state index in [-0.39, 0.29) is 0 Å². The van der Waals surface area contributed by atoms with Crippen LogP contribution in [0.15, 0.2) is 0 Å². The molecule has 116 valence electrons. The smallest absolute Gasteiger partial charge is 0.0121 e. The van der Waals surface area contributed by atoms with Gasteiger partial charge in [-0.25, -0.2) is 0 Å². The van der Waals surface area contributed by atoms with Gasteiger partial charge in [-0.2, -0.15) is 0 Å². The van der Waals surface area contributed by atoms with E-state index in [1.54, 1.807) is 25.7 Å². The van der Waals surface area contributed by atoms with Crippen LogP contribution in [0.2, 0.25) is 0 Å². The zero-order valence-electron chi connectivity index (χ0n) is 13.6. The second kappa shape index (κ2) is 7.29. The molecule has 1 nitrogen and oxygen atoms in total. The summed E-state index contributed by atoms with van der Waals surface area (Å²) >= 11 is 0. The molecule has 1 N–H and O–H groups in total. The molecule has 3 saturated carbocycles. The minimum absolute atomic E-state index is 0.830. The van der Waals surface area contributed by atoms with Crippen molar-refractivity contribution in [3.05, 3.63) is 0 Å². The van der Waals surface area contributed by atoms with Crippen molar-refractivity contribution in [3.8, 4) is 0 Å². The zero-order chi connectivity index (χ0) is 13.8. The van der Waals surface area contributed by atoms with Gasteiger partial charge in [0.2, 0.25) is 0 Å². The Kier molecular flexibility index (Phi) is 5.42. The van der Waals surface area contributed by atoms with E-state index in [1.165, 1.54) is 57.8 Å². The monoisotopic (exact) mass is 277 g/mol. The molecule has 0 saturated heterocycles.